The van der Waals surface area contributed by atoms with Crippen LogP contribution in [0, 0.1) is 22.7 Å². The number of esters is 1. The molecule has 1 aliphatic rings. The molecule has 1 aliphatic heterocycles. The van der Waals surface area contributed by atoms with Crippen molar-refractivity contribution in [3.63, 3.8) is 0 Å². The molecule has 1 aromatic carbocycles. The minimum Gasteiger partial charge on any atom is -0.466 e. The maximum atomic E-state index is 12.2. The van der Waals surface area contributed by atoms with E-state index in [1.165, 1.54) is 7.11 Å². The molecule has 1 heterocycles. The third kappa shape index (κ3) is 2.90. The zero-order chi connectivity index (χ0) is 16.3. The van der Waals surface area contributed by atoms with E-state index in [1.807, 2.05) is 31.2 Å². The summed E-state index contributed by atoms with van der Waals surface area (Å²) in [4.78, 5) is 12.2. The summed E-state index contributed by atoms with van der Waals surface area (Å²) in [5, 5.41) is 17.4. The van der Waals surface area contributed by atoms with Crippen LogP contribution < -0.4 is 0 Å². The summed E-state index contributed by atoms with van der Waals surface area (Å²) in [6.07, 6.45) is 0.442. The van der Waals surface area contributed by atoms with Crippen molar-refractivity contribution >= 4 is 27.8 Å². The normalized spacial score (nSPS) is 21.1. The number of rotatable bonds is 3. The van der Waals surface area contributed by atoms with Gasteiger partial charge in [-0.25, -0.2) is 4.79 Å². The van der Waals surface area contributed by atoms with E-state index in [2.05, 4.69) is 22.0 Å². The van der Waals surface area contributed by atoms with Crippen molar-refractivity contribution in [3.8, 4) is 6.07 Å². The van der Waals surface area contributed by atoms with Crippen LogP contribution in [0.5, 0.6) is 0 Å². The Morgan fingerprint density at radius 1 is 1.45 bits per heavy atom. The Hall–Kier alpha value is -2.13. The molecule has 0 fully saturated rings. The number of ether oxygens (including phenoxy) is 2. The Kier molecular flexibility index (Phi) is 4.99. The number of methoxy groups -OCH3 is 1. The molecule has 2 rings (SSSR count). The molecule has 0 radical (unpaired) electrons. The number of nitrogens with one attached hydrogen (secondary N) is 1. The van der Waals surface area contributed by atoms with E-state index in [0.29, 0.717) is 17.8 Å². The molecule has 0 amide bonds. The monoisotopic (exact) mass is 362 g/mol. The summed E-state index contributed by atoms with van der Waals surface area (Å²) in [5.41, 5.74) is 1.09. The predicted molar refractivity (Wildman–Crippen MR) is 84.1 cm³/mol. The van der Waals surface area contributed by atoms with Gasteiger partial charge in [-0.1, -0.05) is 35.0 Å². The number of nitrogens with zero attached hydrogens (tertiary/aromatic N) is 1. The number of halogens is 1. The highest BCUT2D eigenvalue weighted by Crippen LogP contribution is 2.40. The zero-order valence-electron chi connectivity index (χ0n) is 12.2. The third-order valence-corrected chi connectivity index (χ3v) is 4.08. The molecule has 0 aliphatic carbocycles. The molecule has 0 saturated heterocycles. The molecule has 5 nitrogen and oxygen atoms in total. The van der Waals surface area contributed by atoms with Crippen LogP contribution in [0.4, 0.5) is 0 Å². The first-order valence-corrected chi connectivity index (χ1v) is 7.55. The lowest BCUT2D eigenvalue weighted by atomic mass is 9.78. The maximum Gasteiger partial charge on any atom is 0.337 e. The summed E-state index contributed by atoms with van der Waals surface area (Å²) in [6.45, 7) is 1.83. The van der Waals surface area contributed by atoms with Gasteiger partial charge in [0.1, 0.15) is 11.7 Å². The fourth-order valence-corrected chi connectivity index (χ4v) is 2.78. The Morgan fingerprint density at radius 3 is 2.59 bits per heavy atom. The molecular weight excluding hydrogens is 348 g/mol. The largest absolute Gasteiger partial charge is 0.466 e. The van der Waals surface area contributed by atoms with Gasteiger partial charge in [0.05, 0.1) is 18.8 Å². The van der Waals surface area contributed by atoms with Crippen molar-refractivity contribution in [1.29, 1.82) is 10.7 Å². The van der Waals surface area contributed by atoms with Crippen LogP contribution in [0.1, 0.15) is 24.8 Å². The number of hydrogen-bond acceptors (Lipinski definition) is 5. The summed E-state index contributed by atoms with van der Waals surface area (Å²) in [7, 11) is 1.29. The van der Waals surface area contributed by atoms with Crippen LogP contribution in [-0.4, -0.2) is 19.0 Å². The van der Waals surface area contributed by atoms with Gasteiger partial charge in [0.15, 0.2) is 0 Å². The molecule has 0 bridgehead atoms. The minimum atomic E-state index is -0.856. The number of benzene rings is 1. The second kappa shape index (κ2) is 6.75. The first kappa shape index (κ1) is 16.2. The average molecular weight is 363 g/mol. The standard InChI is InChI=1S/C16H15BrN2O3/c1-3-12-14(16(20)21-2)13(11(8-18)15(19)22-12)9-4-6-10(17)7-5-9/h4-7,11,13,19H,3H2,1-2H3. The van der Waals surface area contributed by atoms with Crippen molar-refractivity contribution in [1.82, 2.24) is 0 Å². The maximum absolute atomic E-state index is 12.2. The van der Waals surface area contributed by atoms with Gasteiger partial charge in [-0.3, -0.25) is 5.41 Å². The topological polar surface area (TPSA) is 83.2 Å². The van der Waals surface area contributed by atoms with E-state index >= 15 is 0 Å². The molecule has 0 aromatic heterocycles. The van der Waals surface area contributed by atoms with Crippen LogP contribution in [0.15, 0.2) is 40.1 Å². The lowest BCUT2D eigenvalue weighted by molar-refractivity contribution is -0.136. The van der Waals surface area contributed by atoms with Crippen molar-refractivity contribution in [3.05, 3.63) is 45.6 Å². The SMILES string of the molecule is CCC1=C(C(=O)OC)C(c2ccc(Br)cc2)C(C#N)C(=N)O1. The molecule has 1 N–H and O–H groups in total. The van der Waals surface area contributed by atoms with E-state index in [0.717, 1.165) is 10.0 Å². The van der Waals surface area contributed by atoms with Gasteiger partial charge < -0.3 is 9.47 Å². The molecule has 6 heteroatoms. The quantitative estimate of drug-likeness (QED) is 0.833. The Bertz CT molecular complexity index is 674. The van der Waals surface area contributed by atoms with Gasteiger partial charge in [-0.2, -0.15) is 5.26 Å². The highest BCUT2D eigenvalue weighted by molar-refractivity contribution is 9.10. The highest BCUT2D eigenvalue weighted by Gasteiger charge is 2.41. The lowest BCUT2D eigenvalue weighted by Crippen LogP contribution is -2.33. The summed E-state index contributed by atoms with van der Waals surface area (Å²) < 4.78 is 11.1. The number of nitriles is 1. The van der Waals surface area contributed by atoms with Gasteiger partial charge in [0.25, 0.3) is 0 Å². The molecular formula is C16H15BrN2O3. The first-order valence-electron chi connectivity index (χ1n) is 6.76. The van der Waals surface area contributed by atoms with Gasteiger partial charge in [-0.15, -0.1) is 0 Å². The second-order valence-corrected chi connectivity index (χ2v) is 5.70. The second-order valence-electron chi connectivity index (χ2n) is 4.78. The van der Waals surface area contributed by atoms with Crippen molar-refractivity contribution in [2.75, 3.05) is 7.11 Å². The summed E-state index contributed by atoms with van der Waals surface area (Å²) >= 11 is 3.36. The molecule has 0 saturated carbocycles. The molecule has 1 aromatic rings. The number of carbonyl (C=O) groups is 1. The molecule has 0 spiro atoms. The Morgan fingerprint density at radius 2 is 2.09 bits per heavy atom. The Balaban J connectivity index is 2.64. The number of carbonyl (C=O) groups excluding carboxylic acids is 1. The van der Waals surface area contributed by atoms with E-state index in [1.54, 1.807) is 0 Å². The van der Waals surface area contributed by atoms with Crippen LogP contribution in [0.25, 0.3) is 0 Å². The molecule has 114 valence electrons. The third-order valence-electron chi connectivity index (χ3n) is 3.56. The van der Waals surface area contributed by atoms with E-state index < -0.39 is 17.8 Å². The van der Waals surface area contributed by atoms with Crippen LogP contribution in [-0.2, 0) is 14.3 Å². The zero-order valence-corrected chi connectivity index (χ0v) is 13.8. The van der Waals surface area contributed by atoms with Gasteiger partial charge in [-0.05, 0) is 17.7 Å². The van der Waals surface area contributed by atoms with Crippen LogP contribution in [0.3, 0.4) is 0 Å². The molecule has 2 unspecified atom stereocenters. The average Bonchev–Trinajstić information content (AvgIpc) is 2.53. The molecule has 2 atom stereocenters. The van der Waals surface area contributed by atoms with Crippen molar-refractivity contribution < 1.29 is 14.3 Å². The summed E-state index contributed by atoms with van der Waals surface area (Å²) in [5.74, 6) is -1.71. The van der Waals surface area contributed by atoms with Crippen LogP contribution >= 0.6 is 15.9 Å². The van der Waals surface area contributed by atoms with E-state index in [9.17, 15) is 10.1 Å². The van der Waals surface area contributed by atoms with E-state index in [-0.39, 0.29) is 5.90 Å². The van der Waals surface area contributed by atoms with E-state index in [4.69, 9.17) is 14.9 Å². The fourth-order valence-electron chi connectivity index (χ4n) is 2.52. The summed E-state index contributed by atoms with van der Waals surface area (Å²) in [6, 6.07) is 9.40. The van der Waals surface area contributed by atoms with Gasteiger partial charge in [0, 0.05) is 16.8 Å². The predicted octanol–water partition coefficient (Wildman–Crippen LogP) is 3.52. The fraction of sp³-hybridized carbons (Fsp3) is 0.312. The van der Waals surface area contributed by atoms with Crippen LogP contribution in [0.2, 0.25) is 0 Å². The minimum absolute atomic E-state index is 0.139. The van der Waals surface area contributed by atoms with Crippen molar-refractivity contribution in [2.45, 2.75) is 19.3 Å². The number of allylic oxidation sites excluding steroid dienone is 1. The van der Waals surface area contributed by atoms with Crippen molar-refractivity contribution in [2.24, 2.45) is 5.92 Å². The number of hydrogen-bond donors (Lipinski definition) is 1. The van der Waals surface area contributed by atoms with Gasteiger partial charge >= 0.3 is 5.97 Å². The first-order chi connectivity index (χ1) is 10.5. The van der Waals surface area contributed by atoms with Gasteiger partial charge in [0.2, 0.25) is 5.90 Å². The lowest BCUT2D eigenvalue weighted by Gasteiger charge is -2.31. The smallest absolute Gasteiger partial charge is 0.337 e. The Labute approximate surface area is 137 Å². The molecule has 22 heavy (non-hydrogen) atoms. The highest BCUT2D eigenvalue weighted by atomic mass is 79.9.